The number of H-pyrrole nitrogens is 1. The molecule has 1 fully saturated rings. The zero-order valence-corrected chi connectivity index (χ0v) is 16.9. The van der Waals surface area contributed by atoms with Gasteiger partial charge in [0.05, 0.1) is 12.5 Å². The van der Waals surface area contributed by atoms with Gasteiger partial charge >= 0.3 is 5.97 Å². The molecule has 1 saturated carbocycles. The van der Waals surface area contributed by atoms with E-state index in [0.29, 0.717) is 41.4 Å². The molecular formula is C20H22ClFN2O2S. The van der Waals surface area contributed by atoms with E-state index in [1.165, 1.54) is 6.07 Å². The van der Waals surface area contributed by atoms with Crippen LogP contribution in [0.3, 0.4) is 0 Å². The minimum absolute atomic E-state index is 0.180. The van der Waals surface area contributed by atoms with Crippen molar-refractivity contribution in [2.45, 2.75) is 51.0 Å². The first-order valence-corrected chi connectivity index (χ1v) is 10.1. The second-order valence-electron chi connectivity index (χ2n) is 7.48. The quantitative estimate of drug-likeness (QED) is 0.545. The molecule has 2 heterocycles. The number of fused-ring (bicyclic) bond motifs is 3. The Balaban J connectivity index is 1.66. The molecule has 4 nitrogen and oxygen atoms in total. The van der Waals surface area contributed by atoms with Crippen molar-refractivity contribution in [3.63, 3.8) is 0 Å². The molecule has 7 heteroatoms. The Morgan fingerprint density at radius 1 is 1.52 bits per heavy atom. The van der Waals surface area contributed by atoms with E-state index in [0.717, 1.165) is 17.8 Å². The van der Waals surface area contributed by atoms with Crippen LogP contribution in [0.1, 0.15) is 49.6 Å². The fourth-order valence-electron chi connectivity index (χ4n) is 4.53. The van der Waals surface area contributed by atoms with Crippen molar-refractivity contribution in [1.29, 1.82) is 0 Å². The van der Waals surface area contributed by atoms with Gasteiger partial charge in [-0.05, 0) is 55.7 Å². The fraction of sp³-hybridized carbons (Fsp3) is 0.500. The molecule has 1 aromatic carbocycles. The molecule has 0 radical (unpaired) electrons. The van der Waals surface area contributed by atoms with Gasteiger partial charge in [0, 0.05) is 40.7 Å². The monoisotopic (exact) mass is 408 g/mol. The van der Waals surface area contributed by atoms with Gasteiger partial charge in [-0.25, -0.2) is 4.39 Å². The average molecular weight is 409 g/mol. The van der Waals surface area contributed by atoms with Gasteiger partial charge < -0.3 is 14.3 Å². The normalized spacial score (nSPS) is 23.6. The van der Waals surface area contributed by atoms with E-state index in [4.69, 9.17) is 28.6 Å². The molecule has 0 saturated heterocycles. The minimum atomic E-state index is -0.270. The number of aromatic nitrogens is 2. The maximum absolute atomic E-state index is 14.5. The average Bonchev–Trinajstić information content (AvgIpc) is 3.13. The Hall–Kier alpha value is -1.66. The first kappa shape index (κ1) is 18.7. The lowest BCUT2D eigenvalue weighted by molar-refractivity contribution is -0.148. The number of imidazole rings is 1. The predicted octanol–water partition coefficient (Wildman–Crippen LogP) is 4.91. The van der Waals surface area contributed by atoms with Crippen LogP contribution in [0.2, 0.25) is 5.02 Å². The van der Waals surface area contributed by atoms with Gasteiger partial charge in [0.1, 0.15) is 5.82 Å². The lowest BCUT2D eigenvalue weighted by Gasteiger charge is -2.14. The van der Waals surface area contributed by atoms with Crippen LogP contribution in [-0.4, -0.2) is 22.1 Å². The summed E-state index contributed by atoms with van der Waals surface area (Å²) in [6.45, 7) is 4.82. The number of carbonyl (C=O) groups is 1. The molecule has 1 N–H and O–H groups in total. The first-order valence-electron chi connectivity index (χ1n) is 9.35. The van der Waals surface area contributed by atoms with Crippen LogP contribution in [0.15, 0.2) is 18.2 Å². The number of ether oxygens (including phenoxy) is 1. The number of rotatable bonds is 6. The van der Waals surface area contributed by atoms with Crippen molar-refractivity contribution in [2.24, 2.45) is 5.92 Å². The Morgan fingerprint density at radius 2 is 2.30 bits per heavy atom. The van der Waals surface area contributed by atoms with Gasteiger partial charge in [-0.3, -0.25) is 4.79 Å². The van der Waals surface area contributed by atoms with Gasteiger partial charge in [-0.2, -0.15) is 0 Å². The van der Waals surface area contributed by atoms with E-state index in [-0.39, 0.29) is 29.0 Å². The molecule has 0 spiro atoms. The van der Waals surface area contributed by atoms with Gasteiger partial charge in [0.2, 0.25) is 0 Å². The van der Waals surface area contributed by atoms with E-state index in [1.54, 1.807) is 12.1 Å². The summed E-state index contributed by atoms with van der Waals surface area (Å²) in [7, 11) is 0. The number of nitrogens with one attached hydrogen (secondary N) is 1. The van der Waals surface area contributed by atoms with Gasteiger partial charge in [0.15, 0.2) is 4.77 Å². The van der Waals surface area contributed by atoms with Crippen molar-refractivity contribution in [1.82, 2.24) is 9.55 Å². The number of hydrogen-bond donors (Lipinski definition) is 1. The maximum atomic E-state index is 14.5. The van der Waals surface area contributed by atoms with Crippen molar-refractivity contribution in [3.8, 4) is 0 Å². The summed E-state index contributed by atoms with van der Waals surface area (Å²) in [6.07, 6.45) is 2.13. The summed E-state index contributed by atoms with van der Waals surface area (Å²) in [4.78, 5) is 15.5. The number of hydrogen-bond acceptors (Lipinski definition) is 3. The van der Waals surface area contributed by atoms with Crippen LogP contribution in [0.5, 0.6) is 0 Å². The molecule has 27 heavy (non-hydrogen) atoms. The Labute approximate surface area is 167 Å². The molecule has 2 aliphatic rings. The van der Waals surface area contributed by atoms with E-state index in [2.05, 4.69) is 9.55 Å². The molecule has 144 valence electrons. The fourth-order valence-corrected chi connectivity index (χ4v) is 4.99. The molecule has 4 rings (SSSR count). The highest BCUT2D eigenvalue weighted by Crippen LogP contribution is 2.66. The van der Waals surface area contributed by atoms with Crippen LogP contribution >= 0.6 is 23.8 Å². The van der Waals surface area contributed by atoms with E-state index in [1.807, 2.05) is 13.8 Å². The van der Waals surface area contributed by atoms with Crippen LogP contribution in [0, 0.1) is 16.5 Å². The number of esters is 1. The van der Waals surface area contributed by atoms with Crippen LogP contribution in [0.4, 0.5) is 4.39 Å². The van der Waals surface area contributed by atoms with Crippen molar-refractivity contribution >= 4 is 29.8 Å². The van der Waals surface area contributed by atoms with Crippen molar-refractivity contribution in [3.05, 3.63) is 50.8 Å². The molecule has 0 bridgehead atoms. The third kappa shape index (κ3) is 2.93. The van der Waals surface area contributed by atoms with Gasteiger partial charge in [-0.15, -0.1) is 0 Å². The maximum Gasteiger partial charge on any atom is 0.309 e. The molecule has 1 aromatic heterocycles. The van der Waals surface area contributed by atoms with E-state index in [9.17, 15) is 9.18 Å². The van der Waals surface area contributed by atoms with Gasteiger partial charge in [-0.1, -0.05) is 18.5 Å². The smallest absolute Gasteiger partial charge is 0.309 e. The number of benzene rings is 1. The van der Waals surface area contributed by atoms with Crippen molar-refractivity contribution in [2.75, 3.05) is 6.61 Å². The minimum Gasteiger partial charge on any atom is -0.466 e. The molecule has 1 aliphatic heterocycles. The van der Waals surface area contributed by atoms with Crippen LogP contribution in [0.25, 0.3) is 0 Å². The highest BCUT2D eigenvalue weighted by Gasteiger charge is 2.63. The molecular weight excluding hydrogens is 387 g/mol. The van der Waals surface area contributed by atoms with Crippen LogP contribution < -0.4 is 0 Å². The number of aromatic amines is 1. The largest absolute Gasteiger partial charge is 0.466 e. The van der Waals surface area contributed by atoms with E-state index >= 15 is 0 Å². The Bertz CT molecular complexity index is 969. The molecule has 0 amide bonds. The second-order valence-corrected chi connectivity index (χ2v) is 8.30. The van der Waals surface area contributed by atoms with Crippen molar-refractivity contribution < 1.29 is 13.9 Å². The number of halogens is 2. The topological polar surface area (TPSA) is 47.0 Å². The number of nitrogens with zero attached hydrogens (tertiary/aromatic N) is 1. The molecule has 3 atom stereocenters. The summed E-state index contributed by atoms with van der Waals surface area (Å²) < 4.78 is 22.4. The summed E-state index contributed by atoms with van der Waals surface area (Å²) in [5.41, 5.74) is 2.49. The Morgan fingerprint density at radius 3 is 3.00 bits per heavy atom. The third-order valence-electron chi connectivity index (χ3n) is 5.98. The standard InChI is InChI=1S/C20H22ClFN2O2S/c1-3-11(18(25)26-4-2)7-16-17-14-9-20(14,10-24(17)19(27)23-16)13-8-12(21)5-6-15(13)22/h5-6,8,11,14H,3-4,7,9-10H2,1-2H3,(H,23,27)/t11?,14-,20+/m0/s1. The lowest BCUT2D eigenvalue weighted by Crippen LogP contribution is -2.20. The van der Waals surface area contributed by atoms with Gasteiger partial charge in [0.25, 0.3) is 0 Å². The zero-order chi connectivity index (χ0) is 19.3. The highest BCUT2D eigenvalue weighted by molar-refractivity contribution is 7.71. The number of carbonyl (C=O) groups excluding carboxylic acids is 1. The van der Waals surface area contributed by atoms with E-state index < -0.39 is 0 Å². The lowest BCUT2D eigenvalue weighted by atomic mass is 9.92. The highest BCUT2D eigenvalue weighted by atomic mass is 35.5. The SMILES string of the molecule is CCOC(=O)C(CC)Cc1[nH]c(=S)n2c1[C@@H]1C[C@]1(c1cc(Cl)ccc1F)C2. The van der Waals surface area contributed by atoms with Crippen LogP contribution in [-0.2, 0) is 27.9 Å². The third-order valence-corrected chi connectivity index (χ3v) is 6.53. The molecule has 1 unspecified atom stereocenters. The zero-order valence-electron chi connectivity index (χ0n) is 15.4. The molecule has 2 aromatic rings. The Kier molecular flexibility index (Phi) is 4.67. The second kappa shape index (κ2) is 6.74. The summed E-state index contributed by atoms with van der Waals surface area (Å²) in [6, 6.07) is 4.75. The summed E-state index contributed by atoms with van der Waals surface area (Å²) in [5.74, 6) is -0.408. The summed E-state index contributed by atoms with van der Waals surface area (Å²) in [5, 5.41) is 0.543. The predicted molar refractivity (Wildman–Crippen MR) is 104 cm³/mol. The summed E-state index contributed by atoms with van der Waals surface area (Å²) >= 11 is 11.6. The first-order chi connectivity index (χ1) is 12.9. The molecule has 1 aliphatic carbocycles.